The molecule has 0 bridgehead atoms. The number of carbonyl (C=O) groups excluding carboxylic acids is 1. The molecule has 0 radical (unpaired) electrons. The van der Waals surface area contributed by atoms with Gasteiger partial charge in [0.15, 0.2) is 5.82 Å². The first-order valence-electron chi connectivity index (χ1n) is 9.12. The largest absolute Gasteiger partial charge is 0.322 e. The van der Waals surface area contributed by atoms with Gasteiger partial charge < -0.3 is 5.32 Å². The summed E-state index contributed by atoms with van der Waals surface area (Å²) in [7, 11) is 0. The van der Waals surface area contributed by atoms with Gasteiger partial charge in [0.1, 0.15) is 0 Å². The highest BCUT2D eigenvalue weighted by molar-refractivity contribution is 7.98. The molecular weight excluding hydrogens is 382 g/mol. The van der Waals surface area contributed by atoms with Crippen molar-refractivity contribution in [2.75, 3.05) is 5.32 Å². The Morgan fingerprint density at radius 1 is 1.00 bits per heavy atom. The van der Waals surface area contributed by atoms with Crippen LogP contribution in [0.3, 0.4) is 0 Å². The van der Waals surface area contributed by atoms with Gasteiger partial charge in [0, 0.05) is 16.1 Å². The Bertz CT molecular complexity index is 1110. The van der Waals surface area contributed by atoms with Crippen molar-refractivity contribution in [3.63, 3.8) is 0 Å². The molecule has 7 heteroatoms. The van der Waals surface area contributed by atoms with Crippen LogP contribution in [0.4, 0.5) is 5.69 Å². The zero-order valence-corrected chi connectivity index (χ0v) is 16.6. The molecule has 6 nitrogen and oxygen atoms in total. The molecule has 1 heterocycles. The molecule has 0 aliphatic carbocycles. The molecule has 4 aromatic rings. The average Bonchev–Trinajstić information content (AvgIpc) is 3.22. The number of thioether (sulfide) groups is 1. The fraction of sp³-hybridized carbons (Fsp3) is 0.0909. The Labute approximate surface area is 173 Å². The highest BCUT2D eigenvalue weighted by atomic mass is 32.2. The van der Waals surface area contributed by atoms with E-state index in [0.717, 1.165) is 27.7 Å². The molecule has 1 aromatic heterocycles. The number of para-hydroxylation sites is 1. The zero-order chi connectivity index (χ0) is 20.1. The smallest absolute Gasteiger partial charge is 0.255 e. The minimum absolute atomic E-state index is 0.125. The number of amides is 1. The predicted octanol–water partition coefficient (Wildman–Crippen LogP) is 4.52. The van der Waals surface area contributed by atoms with E-state index in [1.807, 2.05) is 85.8 Å². The molecule has 4 rings (SSSR count). The van der Waals surface area contributed by atoms with Crippen molar-refractivity contribution in [2.45, 2.75) is 17.6 Å². The number of hydrogen-bond donors (Lipinski definition) is 1. The lowest BCUT2D eigenvalue weighted by atomic mass is 10.1. The molecule has 0 aliphatic heterocycles. The van der Waals surface area contributed by atoms with Crippen LogP contribution in [-0.4, -0.2) is 26.1 Å². The molecule has 0 unspecified atom stereocenters. The lowest BCUT2D eigenvalue weighted by molar-refractivity contribution is 0.102. The quantitative estimate of drug-likeness (QED) is 0.481. The van der Waals surface area contributed by atoms with E-state index in [9.17, 15) is 4.79 Å². The highest BCUT2D eigenvalue weighted by Crippen LogP contribution is 2.25. The van der Waals surface area contributed by atoms with Gasteiger partial charge in [0.05, 0.1) is 11.4 Å². The van der Waals surface area contributed by atoms with Crippen molar-refractivity contribution in [3.8, 4) is 5.69 Å². The molecule has 0 spiro atoms. The van der Waals surface area contributed by atoms with Crippen molar-refractivity contribution in [3.05, 3.63) is 95.8 Å². The van der Waals surface area contributed by atoms with Crippen LogP contribution in [-0.2, 0) is 5.75 Å². The number of rotatable bonds is 6. The van der Waals surface area contributed by atoms with Gasteiger partial charge in [-0.2, -0.15) is 4.68 Å². The third-order valence-electron chi connectivity index (χ3n) is 4.31. The number of carbonyl (C=O) groups is 1. The van der Waals surface area contributed by atoms with E-state index in [1.165, 1.54) is 0 Å². The molecule has 3 aromatic carbocycles. The van der Waals surface area contributed by atoms with Gasteiger partial charge in [0.25, 0.3) is 5.91 Å². The number of benzene rings is 3. The maximum Gasteiger partial charge on any atom is 0.255 e. The summed E-state index contributed by atoms with van der Waals surface area (Å²) >= 11 is 1.61. The first-order valence-corrected chi connectivity index (χ1v) is 10.1. The Morgan fingerprint density at radius 2 is 1.79 bits per heavy atom. The molecule has 1 amide bonds. The summed E-state index contributed by atoms with van der Waals surface area (Å²) < 4.78 is 1.73. The van der Waals surface area contributed by atoms with Crippen LogP contribution in [0.1, 0.15) is 21.7 Å². The third kappa shape index (κ3) is 4.70. The van der Waals surface area contributed by atoms with Gasteiger partial charge in [-0.25, -0.2) is 0 Å². The van der Waals surface area contributed by atoms with Gasteiger partial charge >= 0.3 is 0 Å². The van der Waals surface area contributed by atoms with Crippen molar-refractivity contribution in [2.24, 2.45) is 0 Å². The fourth-order valence-electron chi connectivity index (χ4n) is 2.79. The number of aromatic nitrogens is 4. The first-order chi connectivity index (χ1) is 14.2. The number of aryl methyl sites for hydroxylation is 1. The van der Waals surface area contributed by atoms with Crippen LogP contribution < -0.4 is 5.32 Å². The average molecular weight is 401 g/mol. The monoisotopic (exact) mass is 401 g/mol. The molecule has 0 saturated heterocycles. The van der Waals surface area contributed by atoms with Crippen molar-refractivity contribution in [1.29, 1.82) is 0 Å². The van der Waals surface area contributed by atoms with Crippen molar-refractivity contribution >= 4 is 23.4 Å². The van der Waals surface area contributed by atoms with Gasteiger partial charge in [-0.05, 0) is 59.8 Å². The van der Waals surface area contributed by atoms with Crippen LogP contribution in [0.5, 0.6) is 0 Å². The van der Waals surface area contributed by atoms with Gasteiger partial charge in [-0.3, -0.25) is 4.79 Å². The highest BCUT2D eigenvalue weighted by Gasteiger charge is 2.10. The number of anilines is 1. The second kappa shape index (κ2) is 8.70. The van der Waals surface area contributed by atoms with Crippen LogP contribution in [0, 0.1) is 6.92 Å². The SMILES string of the molecule is Cc1ccc(C(=O)Nc2cccc(SCc3nnnn3-c3ccccc3)c2)cc1. The van der Waals surface area contributed by atoms with E-state index in [0.29, 0.717) is 11.3 Å². The normalized spacial score (nSPS) is 10.7. The summed E-state index contributed by atoms with van der Waals surface area (Å²) in [5.41, 5.74) is 3.43. The predicted molar refractivity (Wildman–Crippen MR) is 114 cm³/mol. The standard InChI is InChI=1S/C22H19N5OS/c1-16-10-12-17(13-11-16)22(28)23-18-6-5-9-20(14-18)29-15-21-24-25-26-27(21)19-7-3-2-4-8-19/h2-14H,15H2,1H3,(H,23,28). The van der Waals surface area contributed by atoms with E-state index in [-0.39, 0.29) is 5.91 Å². The summed E-state index contributed by atoms with van der Waals surface area (Å²) in [6, 6.07) is 25.1. The van der Waals surface area contributed by atoms with E-state index < -0.39 is 0 Å². The molecular formula is C22H19N5OS. The Hall–Kier alpha value is -3.45. The summed E-state index contributed by atoms with van der Waals surface area (Å²) in [6.45, 7) is 2.00. The lowest BCUT2D eigenvalue weighted by Crippen LogP contribution is -2.11. The minimum Gasteiger partial charge on any atom is -0.322 e. The second-order valence-electron chi connectivity index (χ2n) is 6.48. The zero-order valence-electron chi connectivity index (χ0n) is 15.8. The van der Waals surface area contributed by atoms with Crippen LogP contribution in [0.2, 0.25) is 0 Å². The first kappa shape index (κ1) is 18.9. The Morgan fingerprint density at radius 3 is 2.59 bits per heavy atom. The minimum atomic E-state index is -0.125. The number of nitrogens with zero attached hydrogens (tertiary/aromatic N) is 4. The number of tetrazole rings is 1. The molecule has 144 valence electrons. The van der Waals surface area contributed by atoms with E-state index in [4.69, 9.17) is 0 Å². The third-order valence-corrected chi connectivity index (χ3v) is 5.30. The van der Waals surface area contributed by atoms with Gasteiger partial charge in [0.2, 0.25) is 0 Å². The summed E-state index contributed by atoms with van der Waals surface area (Å²) in [5, 5.41) is 15.0. The van der Waals surface area contributed by atoms with E-state index in [1.54, 1.807) is 16.4 Å². The fourth-order valence-corrected chi connectivity index (χ4v) is 3.65. The van der Waals surface area contributed by atoms with Crippen LogP contribution >= 0.6 is 11.8 Å². The van der Waals surface area contributed by atoms with Crippen molar-refractivity contribution < 1.29 is 4.79 Å². The number of hydrogen-bond acceptors (Lipinski definition) is 5. The molecule has 1 N–H and O–H groups in total. The van der Waals surface area contributed by atoms with Gasteiger partial charge in [-0.15, -0.1) is 16.9 Å². The molecule has 29 heavy (non-hydrogen) atoms. The number of nitrogens with one attached hydrogen (secondary N) is 1. The Kier molecular flexibility index (Phi) is 5.67. The maximum atomic E-state index is 12.4. The van der Waals surface area contributed by atoms with Crippen molar-refractivity contribution in [1.82, 2.24) is 20.2 Å². The molecule has 0 fully saturated rings. The van der Waals surface area contributed by atoms with Gasteiger partial charge in [-0.1, -0.05) is 42.0 Å². The lowest BCUT2D eigenvalue weighted by Gasteiger charge is -2.08. The second-order valence-corrected chi connectivity index (χ2v) is 7.53. The summed E-state index contributed by atoms with van der Waals surface area (Å²) in [5.74, 6) is 1.24. The molecule has 0 aliphatic rings. The molecule has 0 atom stereocenters. The summed E-state index contributed by atoms with van der Waals surface area (Å²) in [4.78, 5) is 13.5. The van der Waals surface area contributed by atoms with E-state index in [2.05, 4.69) is 20.8 Å². The summed E-state index contributed by atoms with van der Waals surface area (Å²) in [6.07, 6.45) is 0. The Balaban J connectivity index is 1.43. The van der Waals surface area contributed by atoms with Crippen LogP contribution in [0.15, 0.2) is 83.8 Å². The van der Waals surface area contributed by atoms with E-state index >= 15 is 0 Å². The van der Waals surface area contributed by atoms with Crippen LogP contribution in [0.25, 0.3) is 5.69 Å². The topological polar surface area (TPSA) is 72.7 Å². The maximum absolute atomic E-state index is 12.4. The molecule has 0 saturated carbocycles.